The van der Waals surface area contributed by atoms with E-state index in [1.165, 1.54) is 0 Å². The zero-order chi connectivity index (χ0) is 9.52. The lowest BCUT2D eigenvalue weighted by Crippen LogP contribution is -2.35. The van der Waals surface area contributed by atoms with Crippen molar-refractivity contribution in [2.24, 2.45) is 0 Å². The molecule has 13 heavy (non-hydrogen) atoms. The molecule has 69 valence electrons. The Labute approximate surface area is 78.4 Å². The van der Waals surface area contributed by atoms with Crippen molar-refractivity contribution >= 4 is 5.94 Å². The highest BCUT2D eigenvalue weighted by Crippen LogP contribution is 2.03. The van der Waals surface area contributed by atoms with E-state index in [2.05, 4.69) is 18.8 Å². The molecule has 0 amide bonds. The van der Waals surface area contributed by atoms with Crippen molar-refractivity contribution in [1.82, 2.24) is 4.90 Å². The number of hydrogen-bond donors (Lipinski definition) is 0. The Balaban J connectivity index is 2.60. The van der Waals surface area contributed by atoms with Gasteiger partial charge in [0.15, 0.2) is 11.6 Å². The van der Waals surface area contributed by atoms with Gasteiger partial charge in [0.1, 0.15) is 0 Å². The van der Waals surface area contributed by atoms with Gasteiger partial charge < -0.3 is 9.64 Å². The molecule has 1 saturated heterocycles. The van der Waals surface area contributed by atoms with Crippen molar-refractivity contribution in [2.75, 3.05) is 26.3 Å². The molecule has 0 unspecified atom stereocenters. The van der Waals surface area contributed by atoms with E-state index in [1.807, 2.05) is 10.8 Å². The maximum absolute atomic E-state index is 10.5. The fourth-order valence-electron chi connectivity index (χ4n) is 1.10. The second kappa shape index (κ2) is 5.42. The number of nitrogens with zero attached hydrogens (tertiary/aromatic N) is 1. The second-order valence-corrected chi connectivity index (χ2v) is 2.60. The van der Waals surface area contributed by atoms with Crippen LogP contribution in [0, 0.1) is 18.8 Å². The molecule has 3 nitrogen and oxygen atoms in total. The van der Waals surface area contributed by atoms with Crippen LogP contribution in [0.5, 0.6) is 0 Å². The van der Waals surface area contributed by atoms with Crippen LogP contribution in [0.3, 0.4) is 0 Å². The lowest BCUT2D eigenvalue weighted by molar-refractivity contribution is 0.0565. The molecule has 0 aromatic rings. The molecule has 0 bridgehead atoms. The summed E-state index contributed by atoms with van der Waals surface area (Å²) in [5, 5.41) is 0. The highest BCUT2D eigenvalue weighted by molar-refractivity contribution is 5.59. The topological polar surface area (TPSA) is 29.5 Å². The number of hydrogen-bond acceptors (Lipinski definition) is 3. The van der Waals surface area contributed by atoms with Crippen LogP contribution in [0.1, 0.15) is 6.42 Å². The first-order valence-electron chi connectivity index (χ1n) is 4.24. The second-order valence-electron chi connectivity index (χ2n) is 2.60. The van der Waals surface area contributed by atoms with Crippen LogP contribution in [0.2, 0.25) is 0 Å². The lowest BCUT2D eigenvalue weighted by Gasteiger charge is -2.26. The summed E-state index contributed by atoms with van der Waals surface area (Å²) in [6, 6.07) is 0. The molecule has 0 aromatic heterocycles. The van der Waals surface area contributed by atoms with Gasteiger partial charge >= 0.3 is 0 Å². The summed E-state index contributed by atoms with van der Waals surface area (Å²) < 4.78 is 5.15. The Morgan fingerprint density at radius 3 is 2.69 bits per heavy atom. The molecule has 0 saturated carbocycles. The van der Waals surface area contributed by atoms with Gasteiger partial charge in [0.05, 0.1) is 13.2 Å². The van der Waals surface area contributed by atoms with E-state index in [-0.39, 0.29) is 0 Å². The van der Waals surface area contributed by atoms with Crippen molar-refractivity contribution < 1.29 is 9.53 Å². The molecule has 1 heterocycles. The van der Waals surface area contributed by atoms with Gasteiger partial charge in [-0.05, 0) is 12.8 Å². The first-order valence-corrected chi connectivity index (χ1v) is 4.24. The molecule has 3 heteroatoms. The molecule has 0 N–H and O–H groups in total. The Morgan fingerprint density at radius 1 is 1.46 bits per heavy atom. The van der Waals surface area contributed by atoms with Crippen molar-refractivity contribution in [3.05, 3.63) is 12.6 Å². The Bertz CT molecular complexity index is 262. The first kappa shape index (κ1) is 9.85. The number of allylic oxidation sites excluding steroid dienone is 1. The summed E-state index contributed by atoms with van der Waals surface area (Å²) in [5.41, 5.74) is 0.423. The molecule has 1 radical (unpaired) electrons. The van der Waals surface area contributed by atoms with Gasteiger partial charge in [0, 0.05) is 19.5 Å². The number of morpholine rings is 1. The number of rotatable bonds is 1. The molecular weight excluding hydrogens is 166 g/mol. The first-order chi connectivity index (χ1) is 6.38. The molecule has 0 spiro atoms. The fraction of sp³-hybridized carbons (Fsp3) is 0.500. The molecule has 1 rings (SSSR count). The van der Waals surface area contributed by atoms with Crippen LogP contribution in [0.25, 0.3) is 0 Å². The normalized spacial score (nSPS) is 15.6. The van der Waals surface area contributed by atoms with Crippen LogP contribution in [-0.4, -0.2) is 37.1 Å². The Hall–Kier alpha value is -1.23. The van der Waals surface area contributed by atoms with Gasteiger partial charge in [0.25, 0.3) is 0 Å². The average molecular weight is 178 g/mol. The predicted octanol–water partition coefficient (Wildman–Crippen LogP) is 0.262. The minimum atomic E-state index is 0.423. The molecular formula is C10H12NO2. The van der Waals surface area contributed by atoms with Crippen molar-refractivity contribution in [3.8, 4) is 11.8 Å². The zero-order valence-electron chi connectivity index (χ0n) is 7.51. The summed E-state index contributed by atoms with van der Waals surface area (Å²) in [6.07, 6.45) is 0.509. The van der Waals surface area contributed by atoms with Gasteiger partial charge in [-0.3, -0.25) is 0 Å². The van der Waals surface area contributed by atoms with E-state index >= 15 is 0 Å². The van der Waals surface area contributed by atoms with Gasteiger partial charge in [-0.1, -0.05) is 5.92 Å². The average Bonchev–Trinajstić information content (AvgIpc) is 2.21. The fourth-order valence-corrected chi connectivity index (χ4v) is 1.10. The van der Waals surface area contributed by atoms with E-state index in [0.29, 0.717) is 25.3 Å². The summed E-state index contributed by atoms with van der Waals surface area (Å²) >= 11 is 0. The number of ether oxygens (including phenoxy) is 1. The molecule has 1 fully saturated rings. The largest absolute Gasteiger partial charge is 0.378 e. The highest BCUT2D eigenvalue weighted by atomic mass is 16.5. The minimum Gasteiger partial charge on any atom is -0.378 e. The van der Waals surface area contributed by atoms with Crippen molar-refractivity contribution in [1.29, 1.82) is 0 Å². The maximum Gasteiger partial charge on any atom is 0.174 e. The smallest absolute Gasteiger partial charge is 0.174 e. The molecule has 1 aliphatic heterocycles. The minimum absolute atomic E-state index is 0.423. The van der Waals surface area contributed by atoms with E-state index in [0.717, 1.165) is 13.1 Å². The van der Waals surface area contributed by atoms with Gasteiger partial charge in [-0.25, -0.2) is 4.79 Å². The van der Waals surface area contributed by atoms with Crippen LogP contribution in [0.4, 0.5) is 0 Å². The van der Waals surface area contributed by atoms with Crippen LogP contribution >= 0.6 is 0 Å². The van der Waals surface area contributed by atoms with Crippen LogP contribution in [-0.2, 0) is 9.53 Å². The van der Waals surface area contributed by atoms with E-state index in [9.17, 15) is 4.79 Å². The van der Waals surface area contributed by atoms with Gasteiger partial charge in [-0.15, -0.1) is 0 Å². The quantitative estimate of drug-likeness (QED) is 0.426. The van der Waals surface area contributed by atoms with Crippen LogP contribution < -0.4 is 0 Å². The molecule has 1 aliphatic rings. The Morgan fingerprint density at radius 2 is 2.15 bits per heavy atom. The number of carbonyl (C=O) groups excluding carboxylic acids is 1. The third-order valence-electron chi connectivity index (χ3n) is 1.76. The standard InChI is InChI=1S/C10H12NO2/c1-2-3-4-10(9-12)11-5-7-13-8-6-11/h1-2,5-8H2. The zero-order valence-corrected chi connectivity index (χ0v) is 7.51. The third kappa shape index (κ3) is 2.95. The summed E-state index contributed by atoms with van der Waals surface area (Å²) in [4.78, 5) is 12.4. The molecule has 0 atom stereocenters. The molecule has 0 aliphatic carbocycles. The lowest BCUT2D eigenvalue weighted by atomic mass is 10.3. The van der Waals surface area contributed by atoms with Gasteiger partial charge in [0.2, 0.25) is 0 Å². The van der Waals surface area contributed by atoms with Gasteiger partial charge in [-0.2, -0.15) is 0 Å². The van der Waals surface area contributed by atoms with Crippen molar-refractivity contribution in [3.63, 3.8) is 0 Å². The van der Waals surface area contributed by atoms with E-state index in [4.69, 9.17) is 4.74 Å². The third-order valence-corrected chi connectivity index (χ3v) is 1.76. The summed E-state index contributed by atoms with van der Waals surface area (Å²) in [5.74, 6) is 7.34. The SMILES string of the molecule is [CH2]CC#CC(=C=O)N1CCOCC1. The van der Waals surface area contributed by atoms with Crippen molar-refractivity contribution in [2.45, 2.75) is 6.42 Å². The highest BCUT2D eigenvalue weighted by Gasteiger charge is 2.12. The molecule has 0 aromatic carbocycles. The van der Waals surface area contributed by atoms with Crippen LogP contribution in [0.15, 0.2) is 5.70 Å². The maximum atomic E-state index is 10.5. The van der Waals surface area contributed by atoms with E-state index < -0.39 is 0 Å². The summed E-state index contributed by atoms with van der Waals surface area (Å²) in [6.45, 7) is 6.31. The Kier molecular flexibility index (Phi) is 4.11. The van der Waals surface area contributed by atoms with E-state index in [1.54, 1.807) is 0 Å². The predicted molar refractivity (Wildman–Crippen MR) is 49.3 cm³/mol. The summed E-state index contributed by atoms with van der Waals surface area (Å²) in [7, 11) is 0. The monoisotopic (exact) mass is 178 g/mol.